The molecular weight excluding hydrogens is 268 g/mol. The fraction of sp³-hybridized carbons (Fsp3) is 0.462. The number of anilines is 1. The van der Waals surface area contributed by atoms with Gasteiger partial charge in [-0.3, -0.25) is 4.79 Å². The molecule has 5 nitrogen and oxygen atoms in total. The van der Waals surface area contributed by atoms with E-state index in [4.69, 9.17) is 26.8 Å². The zero-order chi connectivity index (χ0) is 13.4. The molecule has 1 aromatic carbocycles. The summed E-state index contributed by atoms with van der Waals surface area (Å²) in [6.45, 7) is 1.26. The van der Waals surface area contributed by atoms with E-state index in [0.717, 1.165) is 19.4 Å². The van der Waals surface area contributed by atoms with Crippen LogP contribution in [0.25, 0.3) is 0 Å². The molecule has 3 N–H and O–H groups in total. The Morgan fingerprint density at radius 1 is 1.53 bits per heavy atom. The van der Waals surface area contributed by atoms with E-state index in [-0.39, 0.29) is 12.0 Å². The third-order valence-electron chi connectivity index (χ3n) is 3.43. The van der Waals surface area contributed by atoms with Gasteiger partial charge in [0, 0.05) is 23.9 Å². The molecule has 0 aromatic heterocycles. The summed E-state index contributed by atoms with van der Waals surface area (Å²) < 4.78 is 11.2. The first-order chi connectivity index (χ1) is 9.15. The van der Waals surface area contributed by atoms with Gasteiger partial charge in [-0.2, -0.15) is 0 Å². The Morgan fingerprint density at radius 3 is 3.11 bits per heavy atom. The van der Waals surface area contributed by atoms with Crippen LogP contribution in [0.4, 0.5) is 5.69 Å². The van der Waals surface area contributed by atoms with E-state index >= 15 is 0 Å². The predicted molar refractivity (Wildman–Crippen MR) is 71.5 cm³/mol. The van der Waals surface area contributed by atoms with Gasteiger partial charge in [-0.15, -0.1) is 0 Å². The lowest BCUT2D eigenvalue weighted by atomic mass is 10.1. The van der Waals surface area contributed by atoms with Crippen LogP contribution in [0.5, 0.6) is 5.75 Å². The van der Waals surface area contributed by atoms with E-state index < -0.39 is 6.04 Å². The van der Waals surface area contributed by atoms with Crippen LogP contribution in [0.15, 0.2) is 12.1 Å². The number of carbonyl (C=O) groups excluding carboxylic acids is 1. The lowest BCUT2D eigenvalue weighted by Crippen LogP contribution is -2.19. The summed E-state index contributed by atoms with van der Waals surface area (Å²) in [5.74, 6) is 0.327. The molecule has 2 heterocycles. The zero-order valence-electron chi connectivity index (χ0n) is 10.3. The molecule has 0 aliphatic carbocycles. The number of halogens is 1. The van der Waals surface area contributed by atoms with Crippen molar-refractivity contribution in [2.45, 2.75) is 25.0 Å². The van der Waals surface area contributed by atoms with Crippen LogP contribution in [0.2, 0.25) is 5.02 Å². The highest BCUT2D eigenvalue weighted by Gasteiger charge is 2.28. The first-order valence-corrected chi connectivity index (χ1v) is 6.67. The largest absolute Gasteiger partial charge is 0.489 e. The Labute approximate surface area is 116 Å². The summed E-state index contributed by atoms with van der Waals surface area (Å²) in [5, 5.41) is 3.17. The summed E-state index contributed by atoms with van der Waals surface area (Å²) in [6, 6.07) is 2.75. The second-order valence-electron chi connectivity index (χ2n) is 4.78. The van der Waals surface area contributed by atoms with Gasteiger partial charge >= 0.3 is 0 Å². The van der Waals surface area contributed by atoms with Crippen molar-refractivity contribution in [3.05, 3.63) is 22.7 Å². The first-order valence-electron chi connectivity index (χ1n) is 6.29. The average molecular weight is 283 g/mol. The number of amides is 1. The lowest BCUT2D eigenvalue weighted by Gasteiger charge is -2.13. The van der Waals surface area contributed by atoms with E-state index in [9.17, 15) is 4.79 Å². The Hall–Kier alpha value is -1.30. The van der Waals surface area contributed by atoms with Gasteiger partial charge in [0.1, 0.15) is 18.4 Å². The van der Waals surface area contributed by atoms with Gasteiger partial charge in [0.25, 0.3) is 0 Å². The molecule has 1 aromatic rings. The summed E-state index contributed by atoms with van der Waals surface area (Å²) in [7, 11) is 0. The highest BCUT2D eigenvalue weighted by molar-refractivity contribution is 6.32. The maximum atomic E-state index is 11.5. The molecule has 0 bridgehead atoms. The van der Waals surface area contributed by atoms with E-state index in [1.807, 2.05) is 0 Å². The standard InChI is InChI=1S/C13H15ClN2O3/c14-9-4-8-10(16-13(17)12(8)15)5-11(9)19-6-7-2-1-3-18-7/h4-5,7,12H,1-3,6,15H2,(H,16,17). The summed E-state index contributed by atoms with van der Waals surface area (Å²) in [6.07, 6.45) is 2.20. The number of rotatable bonds is 3. The number of hydrogen-bond donors (Lipinski definition) is 2. The van der Waals surface area contributed by atoms with Crippen LogP contribution in [0, 0.1) is 0 Å². The van der Waals surface area contributed by atoms with Gasteiger partial charge in [0.15, 0.2) is 0 Å². The van der Waals surface area contributed by atoms with Crippen LogP contribution < -0.4 is 15.8 Å². The van der Waals surface area contributed by atoms with Crippen molar-refractivity contribution in [1.82, 2.24) is 0 Å². The molecule has 1 saturated heterocycles. The fourth-order valence-corrected chi connectivity index (χ4v) is 2.58. The molecule has 0 saturated carbocycles. The Balaban J connectivity index is 1.76. The number of benzene rings is 1. The third-order valence-corrected chi connectivity index (χ3v) is 3.72. The highest BCUT2D eigenvalue weighted by atomic mass is 35.5. The van der Waals surface area contributed by atoms with Crippen LogP contribution in [-0.2, 0) is 9.53 Å². The van der Waals surface area contributed by atoms with Gasteiger partial charge in [0.05, 0.1) is 11.1 Å². The minimum absolute atomic E-state index is 0.126. The number of nitrogens with one attached hydrogen (secondary N) is 1. The van der Waals surface area contributed by atoms with Crippen molar-refractivity contribution in [2.24, 2.45) is 5.73 Å². The molecule has 19 heavy (non-hydrogen) atoms. The van der Waals surface area contributed by atoms with Crippen LogP contribution in [-0.4, -0.2) is 25.2 Å². The number of hydrogen-bond acceptors (Lipinski definition) is 4. The van der Waals surface area contributed by atoms with E-state index in [0.29, 0.717) is 28.6 Å². The molecule has 3 rings (SSSR count). The van der Waals surface area contributed by atoms with Crippen molar-refractivity contribution in [2.75, 3.05) is 18.5 Å². The smallest absolute Gasteiger partial charge is 0.245 e. The number of nitrogens with two attached hydrogens (primary N) is 1. The summed E-state index contributed by atoms with van der Waals surface area (Å²) in [5.41, 5.74) is 7.13. The number of ether oxygens (including phenoxy) is 2. The Bertz CT molecular complexity index is 515. The molecule has 2 aliphatic heterocycles. The zero-order valence-corrected chi connectivity index (χ0v) is 11.1. The van der Waals surface area contributed by atoms with Gasteiger partial charge in [-0.05, 0) is 18.9 Å². The fourth-order valence-electron chi connectivity index (χ4n) is 2.36. The molecule has 102 valence electrons. The topological polar surface area (TPSA) is 73.6 Å². The first kappa shape index (κ1) is 12.7. The average Bonchev–Trinajstić information content (AvgIpc) is 2.98. The van der Waals surface area contributed by atoms with Gasteiger partial charge in [-0.1, -0.05) is 11.6 Å². The van der Waals surface area contributed by atoms with E-state index in [1.54, 1.807) is 12.1 Å². The maximum absolute atomic E-state index is 11.5. The SMILES string of the molecule is NC1C(=O)Nc2cc(OCC3CCCO3)c(Cl)cc21. The molecule has 6 heteroatoms. The third kappa shape index (κ3) is 2.41. The monoisotopic (exact) mass is 282 g/mol. The molecule has 0 radical (unpaired) electrons. The summed E-state index contributed by atoms with van der Waals surface area (Å²) in [4.78, 5) is 11.5. The number of carbonyl (C=O) groups is 1. The van der Waals surface area contributed by atoms with Gasteiger partial charge in [-0.25, -0.2) is 0 Å². The maximum Gasteiger partial charge on any atom is 0.245 e. The molecular formula is C13H15ClN2O3. The van der Waals surface area contributed by atoms with Gasteiger partial charge < -0.3 is 20.5 Å². The second kappa shape index (κ2) is 5.00. The molecule has 2 aliphatic rings. The normalized spacial score (nSPS) is 25.3. The second-order valence-corrected chi connectivity index (χ2v) is 5.19. The predicted octanol–water partition coefficient (Wildman–Crippen LogP) is 1.85. The lowest BCUT2D eigenvalue weighted by molar-refractivity contribution is -0.116. The molecule has 2 unspecified atom stereocenters. The van der Waals surface area contributed by atoms with Crippen LogP contribution in [0.1, 0.15) is 24.4 Å². The van der Waals surface area contributed by atoms with Crippen LogP contribution >= 0.6 is 11.6 Å². The van der Waals surface area contributed by atoms with E-state index in [1.165, 1.54) is 0 Å². The number of fused-ring (bicyclic) bond motifs is 1. The molecule has 1 amide bonds. The van der Waals surface area contributed by atoms with Crippen LogP contribution in [0.3, 0.4) is 0 Å². The molecule has 1 fully saturated rings. The van der Waals surface area contributed by atoms with Crippen molar-refractivity contribution < 1.29 is 14.3 Å². The Kier molecular flexibility index (Phi) is 3.35. The molecule has 0 spiro atoms. The van der Waals surface area contributed by atoms with Crippen molar-refractivity contribution in [3.8, 4) is 5.75 Å². The minimum Gasteiger partial charge on any atom is -0.489 e. The minimum atomic E-state index is -0.653. The quantitative estimate of drug-likeness (QED) is 0.887. The van der Waals surface area contributed by atoms with Crippen molar-refractivity contribution in [1.29, 1.82) is 0 Å². The molecule has 2 atom stereocenters. The van der Waals surface area contributed by atoms with Crippen molar-refractivity contribution in [3.63, 3.8) is 0 Å². The highest BCUT2D eigenvalue weighted by Crippen LogP contribution is 2.37. The van der Waals surface area contributed by atoms with E-state index in [2.05, 4.69) is 5.32 Å². The van der Waals surface area contributed by atoms with Gasteiger partial charge in [0.2, 0.25) is 5.91 Å². The van der Waals surface area contributed by atoms with Crippen molar-refractivity contribution >= 4 is 23.2 Å². The summed E-state index contributed by atoms with van der Waals surface area (Å²) >= 11 is 6.15. The Morgan fingerprint density at radius 2 is 2.37 bits per heavy atom.